The van der Waals surface area contributed by atoms with Gasteiger partial charge < -0.3 is 25.8 Å². The first kappa shape index (κ1) is 30.0. The van der Waals surface area contributed by atoms with Gasteiger partial charge in [-0.25, -0.2) is 23.4 Å². The largest absolute Gasteiger partial charge is 0.493 e. The van der Waals surface area contributed by atoms with Crippen molar-refractivity contribution in [2.45, 2.75) is 57.5 Å². The molecule has 0 aliphatic carbocycles. The summed E-state index contributed by atoms with van der Waals surface area (Å²) in [6, 6.07) is 10.1. The summed E-state index contributed by atoms with van der Waals surface area (Å²) in [6.45, 7) is 10.1. The molecule has 0 spiro atoms. The molecule has 42 heavy (non-hydrogen) atoms. The van der Waals surface area contributed by atoms with E-state index < -0.39 is 10.0 Å². The molecule has 0 saturated carbocycles. The molecule has 226 valence electrons. The van der Waals surface area contributed by atoms with E-state index in [9.17, 15) is 13.2 Å². The number of nitrogens with two attached hydrogens (primary N) is 1. The van der Waals surface area contributed by atoms with Crippen molar-refractivity contribution in [3.63, 3.8) is 0 Å². The van der Waals surface area contributed by atoms with Crippen LogP contribution in [0.5, 0.6) is 5.75 Å². The second-order valence-electron chi connectivity index (χ2n) is 10.6. The van der Waals surface area contributed by atoms with Crippen LogP contribution in [-0.2, 0) is 16.6 Å². The lowest BCUT2D eigenvalue weighted by Gasteiger charge is -2.33. The summed E-state index contributed by atoms with van der Waals surface area (Å²) < 4.78 is 34.9. The summed E-state index contributed by atoms with van der Waals surface area (Å²) in [6.07, 6.45) is 2.38. The van der Waals surface area contributed by atoms with Gasteiger partial charge in [-0.1, -0.05) is 33.3 Å². The van der Waals surface area contributed by atoms with Gasteiger partial charge in [0.25, 0.3) is 5.56 Å². The third kappa shape index (κ3) is 6.14. The number of aromatic amines is 1. The summed E-state index contributed by atoms with van der Waals surface area (Å²) >= 11 is 0. The van der Waals surface area contributed by atoms with Crippen molar-refractivity contribution in [1.29, 1.82) is 0 Å². The molecule has 5 rings (SSSR count). The molecule has 4 N–H and O–H groups in total. The van der Waals surface area contributed by atoms with Crippen LogP contribution in [0.25, 0.3) is 11.4 Å². The average molecular weight is 597 g/mol. The molecule has 1 aromatic carbocycles. The number of anilines is 2. The Labute approximate surface area is 246 Å². The maximum atomic E-state index is 13.7. The van der Waals surface area contributed by atoms with Crippen LogP contribution in [0.3, 0.4) is 0 Å². The molecule has 1 fully saturated rings. The quantitative estimate of drug-likeness (QED) is 0.301. The molecule has 3 aromatic rings. The number of benzene rings is 1. The van der Waals surface area contributed by atoms with Crippen LogP contribution >= 0.6 is 0 Å². The van der Waals surface area contributed by atoms with E-state index in [1.54, 1.807) is 24.3 Å². The van der Waals surface area contributed by atoms with Gasteiger partial charge in [-0.15, -0.1) is 0 Å². The molecule has 2 aliphatic heterocycles. The van der Waals surface area contributed by atoms with Crippen molar-refractivity contribution in [2.24, 2.45) is 0 Å². The number of nitrogens with one attached hydrogen (secondary N) is 2. The van der Waals surface area contributed by atoms with Gasteiger partial charge >= 0.3 is 0 Å². The van der Waals surface area contributed by atoms with Crippen molar-refractivity contribution in [3.05, 3.63) is 58.1 Å². The summed E-state index contributed by atoms with van der Waals surface area (Å²) in [5.74, 6) is 1.16. The molecule has 12 nitrogen and oxygen atoms in total. The highest BCUT2D eigenvalue weighted by molar-refractivity contribution is 7.89. The third-order valence-electron chi connectivity index (χ3n) is 7.70. The number of hydrazine groups is 1. The number of rotatable bonds is 11. The number of nitrogens with zero attached hydrogens (tertiary/aromatic N) is 5. The third-order valence-corrected chi connectivity index (χ3v) is 9.60. The van der Waals surface area contributed by atoms with Crippen LogP contribution in [0.4, 0.5) is 11.5 Å². The number of likely N-dealkylation sites (N-methyl/N-ethyl adjacent to an activating group) is 1. The zero-order valence-electron chi connectivity index (χ0n) is 24.5. The summed E-state index contributed by atoms with van der Waals surface area (Å²) in [5.41, 5.74) is 10.9. The number of hydrogen-bond acceptors (Lipinski definition) is 10. The van der Waals surface area contributed by atoms with Gasteiger partial charge in [0.15, 0.2) is 0 Å². The predicted molar refractivity (Wildman–Crippen MR) is 162 cm³/mol. The highest BCUT2D eigenvalue weighted by Gasteiger charge is 2.35. The minimum Gasteiger partial charge on any atom is -0.493 e. The van der Waals surface area contributed by atoms with Crippen LogP contribution < -0.4 is 21.5 Å². The summed E-state index contributed by atoms with van der Waals surface area (Å²) in [4.78, 5) is 28.0. The Morgan fingerprint density at radius 1 is 1.05 bits per heavy atom. The lowest BCUT2D eigenvalue weighted by molar-refractivity contribution is 0.196. The number of H-pyrrole nitrogens is 1. The Morgan fingerprint density at radius 3 is 2.52 bits per heavy atom. The van der Waals surface area contributed by atoms with E-state index in [0.29, 0.717) is 67.8 Å². The lowest BCUT2D eigenvalue weighted by Crippen LogP contribution is -2.48. The highest BCUT2D eigenvalue weighted by atomic mass is 32.2. The van der Waals surface area contributed by atoms with Crippen LogP contribution in [-0.4, -0.2) is 76.9 Å². The first-order valence-corrected chi connectivity index (χ1v) is 16.1. The van der Waals surface area contributed by atoms with Crippen molar-refractivity contribution >= 4 is 21.5 Å². The van der Waals surface area contributed by atoms with Gasteiger partial charge in [0.1, 0.15) is 23.1 Å². The highest BCUT2D eigenvalue weighted by Crippen LogP contribution is 2.38. The Kier molecular flexibility index (Phi) is 9.11. The fourth-order valence-corrected chi connectivity index (χ4v) is 6.89. The van der Waals surface area contributed by atoms with Gasteiger partial charge in [-0.3, -0.25) is 4.79 Å². The van der Waals surface area contributed by atoms with Crippen LogP contribution in [0.2, 0.25) is 0 Å². The molecule has 2 aromatic heterocycles. The predicted octanol–water partition coefficient (Wildman–Crippen LogP) is 3.21. The van der Waals surface area contributed by atoms with Crippen molar-refractivity contribution in [1.82, 2.24) is 29.2 Å². The van der Waals surface area contributed by atoms with Gasteiger partial charge in [0.05, 0.1) is 41.0 Å². The number of ether oxygens (including phenoxy) is 1. The van der Waals surface area contributed by atoms with E-state index in [1.807, 2.05) is 24.1 Å². The van der Waals surface area contributed by atoms with E-state index in [2.05, 4.69) is 34.1 Å². The molecule has 1 saturated heterocycles. The minimum atomic E-state index is -3.76. The molecular formula is C29H40N8O4S. The maximum Gasteiger partial charge on any atom is 0.276 e. The van der Waals surface area contributed by atoms with Gasteiger partial charge in [-0.2, -0.15) is 4.31 Å². The number of hydrogen-bond donors (Lipinski definition) is 3. The van der Waals surface area contributed by atoms with E-state index in [1.165, 1.54) is 4.31 Å². The zero-order valence-corrected chi connectivity index (χ0v) is 25.3. The first-order valence-electron chi connectivity index (χ1n) is 14.6. The second kappa shape index (κ2) is 12.8. The molecule has 2 aliphatic rings. The standard InChI is InChI=1S/C29H40N8O4S/c1-4-8-23-26-27(34-37(23)19-20-9-7-10-25(30)31-20)29(38)33-28(32-26)22-18-21(11-12-24(22)41-17-5-2)42(39,40)36-15-13-35(6-3)14-16-36/h7,9-12,18,23,34H,4-6,8,13-17,19H2,1-3H3,(H2,30,31)(H,32,33,38). The van der Waals surface area contributed by atoms with Crippen LogP contribution in [0.15, 0.2) is 46.1 Å². The number of pyridine rings is 1. The number of fused-ring (bicyclic) bond motifs is 1. The molecule has 0 amide bonds. The van der Waals surface area contributed by atoms with Crippen molar-refractivity contribution in [2.75, 3.05) is 50.5 Å². The number of nitrogen functional groups attached to an aromatic ring is 1. The SMILES string of the molecule is CCCOc1ccc(S(=O)(=O)N2CCN(CC)CC2)cc1-c1nc2c(c(=O)[nH]1)NN(Cc1cccc(N)n1)C2CCC. The molecule has 4 heterocycles. The van der Waals surface area contributed by atoms with Crippen LogP contribution in [0, 0.1) is 0 Å². The van der Waals surface area contributed by atoms with E-state index in [4.69, 9.17) is 15.5 Å². The monoisotopic (exact) mass is 596 g/mol. The van der Waals surface area contributed by atoms with E-state index in [-0.39, 0.29) is 22.3 Å². The molecule has 1 unspecified atom stereocenters. The topological polar surface area (TPSA) is 150 Å². The molecule has 1 atom stereocenters. The Bertz CT molecular complexity index is 1570. The molecule has 0 radical (unpaired) electrons. The fraction of sp³-hybridized carbons (Fsp3) is 0.483. The first-order chi connectivity index (χ1) is 20.2. The molecule has 0 bridgehead atoms. The zero-order chi connectivity index (χ0) is 29.9. The van der Waals surface area contributed by atoms with E-state index >= 15 is 0 Å². The lowest BCUT2D eigenvalue weighted by atomic mass is 10.1. The second-order valence-corrected chi connectivity index (χ2v) is 12.6. The van der Waals surface area contributed by atoms with Gasteiger partial charge in [-0.05, 0) is 49.7 Å². The average Bonchev–Trinajstić information content (AvgIpc) is 3.33. The number of aromatic nitrogens is 3. The van der Waals surface area contributed by atoms with Crippen LogP contribution in [0.1, 0.15) is 57.5 Å². The molecular weight excluding hydrogens is 556 g/mol. The maximum absolute atomic E-state index is 13.7. The van der Waals surface area contributed by atoms with Crippen molar-refractivity contribution in [3.8, 4) is 17.1 Å². The Balaban J connectivity index is 1.52. The van der Waals surface area contributed by atoms with Crippen molar-refractivity contribution < 1.29 is 13.2 Å². The fourth-order valence-electron chi connectivity index (χ4n) is 5.44. The Morgan fingerprint density at radius 2 is 1.83 bits per heavy atom. The van der Waals surface area contributed by atoms with Gasteiger partial charge in [0.2, 0.25) is 10.0 Å². The smallest absolute Gasteiger partial charge is 0.276 e. The van der Waals surface area contributed by atoms with E-state index in [0.717, 1.165) is 31.5 Å². The Hall–Kier alpha value is -3.52. The van der Waals surface area contributed by atoms with Gasteiger partial charge in [0, 0.05) is 26.2 Å². The number of sulfonamides is 1. The minimum absolute atomic E-state index is 0.145. The summed E-state index contributed by atoms with van der Waals surface area (Å²) in [7, 11) is -3.76. The normalized spacial score (nSPS) is 18.1. The summed E-state index contributed by atoms with van der Waals surface area (Å²) in [5, 5.41) is 1.95. The molecule has 13 heteroatoms. The number of piperazine rings is 1.